The van der Waals surface area contributed by atoms with E-state index in [0.29, 0.717) is 12.2 Å². The monoisotopic (exact) mass is 220 g/mol. The van der Waals surface area contributed by atoms with Crippen molar-refractivity contribution in [1.29, 1.82) is 0 Å². The predicted octanol–water partition coefficient (Wildman–Crippen LogP) is 2.79. The summed E-state index contributed by atoms with van der Waals surface area (Å²) in [6.45, 7) is 4.30. The molecule has 0 N–H and O–H groups in total. The van der Waals surface area contributed by atoms with E-state index in [1.807, 2.05) is 13.8 Å². The normalized spacial score (nSPS) is 21.2. The Morgan fingerprint density at radius 2 is 1.94 bits per heavy atom. The largest absolute Gasteiger partial charge is 0.461 e. The molecule has 1 aromatic carbocycles. The van der Waals surface area contributed by atoms with E-state index in [0.717, 1.165) is 5.56 Å². The quantitative estimate of drug-likeness (QED) is 0.537. The zero-order valence-electron chi connectivity index (χ0n) is 9.29. The van der Waals surface area contributed by atoms with Crippen LogP contribution in [0, 0.1) is 11.2 Å². The SMILES string of the molecule is CC1(C)COC(=O)/C1=C/c1ccc(F)cc1. The summed E-state index contributed by atoms with van der Waals surface area (Å²) in [5, 5.41) is 0. The van der Waals surface area contributed by atoms with Crippen LogP contribution in [0.3, 0.4) is 0 Å². The molecule has 1 aliphatic rings. The van der Waals surface area contributed by atoms with Crippen molar-refractivity contribution in [1.82, 2.24) is 0 Å². The minimum Gasteiger partial charge on any atom is -0.461 e. The van der Waals surface area contributed by atoms with E-state index in [-0.39, 0.29) is 17.2 Å². The fraction of sp³-hybridized carbons (Fsp3) is 0.308. The van der Waals surface area contributed by atoms with Crippen LogP contribution >= 0.6 is 0 Å². The summed E-state index contributed by atoms with van der Waals surface area (Å²) >= 11 is 0. The third kappa shape index (κ3) is 1.98. The molecule has 1 aromatic rings. The number of hydrogen-bond acceptors (Lipinski definition) is 2. The molecule has 1 saturated heterocycles. The number of rotatable bonds is 1. The first kappa shape index (κ1) is 10.9. The molecule has 0 spiro atoms. The number of halogens is 1. The molecule has 2 nitrogen and oxygen atoms in total. The first-order valence-corrected chi connectivity index (χ1v) is 5.14. The highest BCUT2D eigenvalue weighted by Gasteiger charge is 2.37. The molecular formula is C13H13FO2. The summed E-state index contributed by atoms with van der Waals surface area (Å²) in [5.41, 5.74) is 1.17. The molecule has 0 saturated carbocycles. The van der Waals surface area contributed by atoms with Crippen LogP contribution in [-0.2, 0) is 9.53 Å². The average Bonchev–Trinajstić information content (AvgIpc) is 2.48. The second-order valence-electron chi connectivity index (χ2n) is 4.57. The zero-order chi connectivity index (χ0) is 11.8. The van der Waals surface area contributed by atoms with Gasteiger partial charge >= 0.3 is 5.97 Å². The van der Waals surface area contributed by atoms with Crippen LogP contribution in [0.2, 0.25) is 0 Å². The summed E-state index contributed by atoms with van der Waals surface area (Å²) in [4.78, 5) is 11.5. The number of carbonyl (C=O) groups excluding carboxylic acids is 1. The van der Waals surface area contributed by atoms with Crippen molar-refractivity contribution >= 4 is 12.0 Å². The smallest absolute Gasteiger partial charge is 0.334 e. The van der Waals surface area contributed by atoms with Gasteiger partial charge in [0.1, 0.15) is 12.4 Å². The Balaban J connectivity index is 2.36. The van der Waals surface area contributed by atoms with Gasteiger partial charge in [0, 0.05) is 11.0 Å². The van der Waals surface area contributed by atoms with E-state index < -0.39 is 0 Å². The maximum absolute atomic E-state index is 12.7. The second-order valence-corrected chi connectivity index (χ2v) is 4.57. The van der Waals surface area contributed by atoms with Crippen molar-refractivity contribution < 1.29 is 13.9 Å². The van der Waals surface area contributed by atoms with E-state index >= 15 is 0 Å². The lowest BCUT2D eigenvalue weighted by molar-refractivity contribution is -0.135. The molecule has 0 unspecified atom stereocenters. The van der Waals surface area contributed by atoms with Gasteiger partial charge in [-0.25, -0.2) is 9.18 Å². The highest BCUT2D eigenvalue weighted by atomic mass is 19.1. The van der Waals surface area contributed by atoms with Gasteiger partial charge in [-0.1, -0.05) is 26.0 Å². The van der Waals surface area contributed by atoms with Crippen molar-refractivity contribution in [3.63, 3.8) is 0 Å². The molecule has 0 aliphatic carbocycles. The predicted molar refractivity (Wildman–Crippen MR) is 59.1 cm³/mol. The van der Waals surface area contributed by atoms with Gasteiger partial charge in [0.25, 0.3) is 0 Å². The molecule has 1 fully saturated rings. The molecule has 0 radical (unpaired) electrons. The molecule has 1 aliphatic heterocycles. The lowest BCUT2D eigenvalue weighted by atomic mass is 9.86. The van der Waals surface area contributed by atoms with E-state index in [9.17, 15) is 9.18 Å². The van der Waals surface area contributed by atoms with Gasteiger partial charge < -0.3 is 4.74 Å². The second kappa shape index (κ2) is 3.74. The van der Waals surface area contributed by atoms with Crippen LogP contribution in [0.15, 0.2) is 29.8 Å². The van der Waals surface area contributed by atoms with Gasteiger partial charge in [-0.15, -0.1) is 0 Å². The third-order valence-corrected chi connectivity index (χ3v) is 2.69. The summed E-state index contributed by atoms with van der Waals surface area (Å²) in [6, 6.07) is 6.04. The summed E-state index contributed by atoms with van der Waals surface area (Å²) in [6.07, 6.45) is 1.76. The number of benzene rings is 1. The van der Waals surface area contributed by atoms with Gasteiger partial charge in [0.05, 0.1) is 0 Å². The van der Waals surface area contributed by atoms with E-state index in [4.69, 9.17) is 4.74 Å². The molecule has 84 valence electrons. The first-order valence-electron chi connectivity index (χ1n) is 5.14. The highest BCUT2D eigenvalue weighted by Crippen LogP contribution is 2.34. The van der Waals surface area contributed by atoms with Crippen molar-refractivity contribution in [2.45, 2.75) is 13.8 Å². The van der Waals surface area contributed by atoms with Crippen molar-refractivity contribution in [3.05, 3.63) is 41.2 Å². The van der Waals surface area contributed by atoms with Gasteiger partial charge in [0.2, 0.25) is 0 Å². The fourth-order valence-electron chi connectivity index (χ4n) is 1.66. The molecule has 2 rings (SSSR count). The Bertz CT molecular complexity index is 444. The summed E-state index contributed by atoms with van der Waals surface area (Å²) < 4.78 is 17.7. The average molecular weight is 220 g/mol. The van der Waals surface area contributed by atoms with Gasteiger partial charge in [-0.3, -0.25) is 0 Å². The van der Waals surface area contributed by atoms with Crippen molar-refractivity contribution in [2.75, 3.05) is 6.61 Å². The summed E-state index contributed by atoms with van der Waals surface area (Å²) in [5.74, 6) is -0.565. The maximum Gasteiger partial charge on any atom is 0.334 e. The highest BCUT2D eigenvalue weighted by molar-refractivity contribution is 5.97. The van der Waals surface area contributed by atoms with Crippen LogP contribution in [0.25, 0.3) is 6.08 Å². The number of hydrogen-bond donors (Lipinski definition) is 0. The number of esters is 1. The van der Waals surface area contributed by atoms with Gasteiger partial charge in [-0.2, -0.15) is 0 Å². The third-order valence-electron chi connectivity index (χ3n) is 2.69. The Hall–Kier alpha value is -1.64. The molecule has 0 aromatic heterocycles. The minimum atomic E-state index is -0.283. The van der Waals surface area contributed by atoms with Crippen LogP contribution in [0.1, 0.15) is 19.4 Å². The fourth-order valence-corrected chi connectivity index (χ4v) is 1.66. The summed E-state index contributed by atoms with van der Waals surface area (Å²) in [7, 11) is 0. The van der Waals surface area contributed by atoms with Gasteiger partial charge in [-0.05, 0) is 23.8 Å². The number of carbonyl (C=O) groups is 1. The molecule has 1 heterocycles. The van der Waals surface area contributed by atoms with Gasteiger partial charge in [0.15, 0.2) is 0 Å². The first-order chi connectivity index (χ1) is 7.49. The topological polar surface area (TPSA) is 26.3 Å². The van der Waals surface area contributed by atoms with E-state index in [1.165, 1.54) is 12.1 Å². The maximum atomic E-state index is 12.7. The number of ether oxygens (including phenoxy) is 1. The molecule has 0 atom stereocenters. The molecule has 16 heavy (non-hydrogen) atoms. The van der Waals surface area contributed by atoms with Crippen LogP contribution in [0.5, 0.6) is 0 Å². The molecular weight excluding hydrogens is 207 g/mol. The zero-order valence-corrected chi connectivity index (χ0v) is 9.29. The van der Waals surface area contributed by atoms with Crippen LogP contribution in [-0.4, -0.2) is 12.6 Å². The minimum absolute atomic E-state index is 0.272. The lowest BCUT2D eigenvalue weighted by Gasteiger charge is -2.14. The Labute approximate surface area is 93.7 Å². The standard InChI is InChI=1S/C13H13FO2/c1-13(2)8-16-12(15)11(13)7-9-3-5-10(14)6-4-9/h3-7H,8H2,1-2H3/b11-7-. The number of cyclic esters (lactones) is 1. The van der Waals surface area contributed by atoms with Crippen molar-refractivity contribution in [3.8, 4) is 0 Å². The Kier molecular flexibility index (Phi) is 2.54. The molecule has 0 amide bonds. The van der Waals surface area contributed by atoms with Crippen LogP contribution in [0.4, 0.5) is 4.39 Å². The Morgan fingerprint density at radius 1 is 1.31 bits per heavy atom. The Morgan fingerprint density at radius 3 is 2.44 bits per heavy atom. The van der Waals surface area contributed by atoms with E-state index in [2.05, 4.69) is 0 Å². The van der Waals surface area contributed by atoms with E-state index in [1.54, 1.807) is 18.2 Å². The molecule has 3 heteroatoms. The van der Waals surface area contributed by atoms with Crippen molar-refractivity contribution in [2.24, 2.45) is 5.41 Å². The molecule has 0 bridgehead atoms. The van der Waals surface area contributed by atoms with Crippen LogP contribution < -0.4 is 0 Å². The lowest BCUT2D eigenvalue weighted by Crippen LogP contribution is -2.13.